The fraction of sp³-hybridized carbons (Fsp3) is 0.286. The zero-order valence-corrected chi connectivity index (χ0v) is 11.4. The molecule has 5 heteroatoms. The van der Waals surface area contributed by atoms with Gasteiger partial charge in [-0.25, -0.2) is 4.79 Å². The lowest BCUT2D eigenvalue weighted by molar-refractivity contribution is -0.138. The van der Waals surface area contributed by atoms with Crippen LogP contribution in [0.2, 0.25) is 0 Å². The predicted octanol–water partition coefficient (Wildman–Crippen LogP) is 2.24. The summed E-state index contributed by atoms with van der Waals surface area (Å²) in [5.41, 5.74) is 1.29. The van der Waals surface area contributed by atoms with Crippen molar-refractivity contribution in [3.8, 4) is 5.75 Å². The predicted molar refractivity (Wildman–Crippen MR) is 68.9 cm³/mol. The number of ketones is 1. The molecular formula is C14H16O5. The van der Waals surface area contributed by atoms with Gasteiger partial charge in [-0.2, -0.15) is 0 Å². The molecule has 0 radical (unpaired) electrons. The van der Waals surface area contributed by atoms with Gasteiger partial charge in [0.1, 0.15) is 12.0 Å². The van der Waals surface area contributed by atoms with Crippen LogP contribution in [0, 0.1) is 6.92 Å². The van der Waals surface area contributed by atoms with Crippen molar-refractivity contribution in [1.82, 2.24) is 0 Å². The average Bonchev–Trinajstić information content (AvgIpc) is 2.39. The quantitative estimate of drug-likeness (QED) is 0.353. The van der Waals surface area contributed by atoms with Crippen LogP contribution in [0.3, 0.4) is 0 Å². The van der Waals surface area contributed by atoms with Crippen LogP contribution < -0.4 is 4.74 Å². The van der Waals surface area contributed by atoms with E-state index in [1.165, 1.54) is 21.1 Å². The summed E-state index contributed by atoms with van der Waals surface area (Å²) in [6.45, 7) is 3.27. The van der Waals surface area contributed by atoms with Crippen LogP contribution in [0.1, 0.15) is 22.8 Å². The van der Waals surface area contributed by atoms with E-state index in [9.17, 15) is 9.59 Å². The van der Waals surface area contributed by atoms with Crippen molar-refractivity contribution >= 4 is 11.8 Å². The van der Waals surface area contributed by atoms with Gasteiger partial charge in [-0.3, -0.25) is 4.79 Å². The van der Waals surface area contributed by atoms with Gasteiger partial charge in [-0.1, -0.05) is 12.1 Å². The fourth-order valence-corrected chi connectivity index (χ4v) is 1.37. The Kier molecular flexibility index (Phi) is 5.11. The maximum atomic E-state index is 11.5. The highest BCUT2D eigenvalue weighted by Gasteiger charge is 2.15. The van der Waals surface area contributed by atoms with Gasteiger partial charge in [-0.05, 0) is 25.5 Å². The van der Waals surface area contributed by atoms with Crippen molar-refractivity contribution in [2.45, 2.75) is 13.8 Å². The smallest absolute Gasteiger partial charge is 0.377 e. The molecule has 1 aromatic rings. The number of esters is 1. The highest BCUT2D eigenvalue weighted by Crippen LogP contribution is 2.22. The Morgan fingerprint density at radius 3 is 2.42 bits per heavy atom. The van der Waals surface area contributed by atoms with E-state index in [2.05, 4.69) is 4.74 Å². The number of ether oxygens (including phenoxy) is 3. The third-order valence-corrected chi connectivity index (χ3v) is 2.43. The molecule has 0 spiro atoms. The second-order valence-electron chi connectivity index (χ2n) is 3.85. The third-order valence-electron chi connectivity index (χ3n) is 2.43. The molecule has 0 N–H and O–H groups in total. The molecule has 102 valence electrons. The molecule has 0 aliphatic rings. The number of Topliss-reactive ketones (excluding diaryl/α,β-unsaturated/α-hetero) is 1. The van der Waals surface area contributed by atoms with Crippen LogP contribution in [-0.2, 0) is 14.3 Å². The minimum Gasteiger partial charge on any atom is -0.500 e. The van der Waals surface area contributed by atoms with Gasteiger partial charge in [0.15, 0.2) is 5.78 Å². The lowest BCUT2D eigenvalue weighted by atomic mass is 10.1. The molecule has 0 fully saturated rings. The van der Waals surface area contributed by atoms with Gasteiger partial charge < -0.3 is 14.2 Å². The van der Waals surface area contributed by atoms with Crippen molar-refractivity contribution in [3.63, 3.8) is 0 Å². The Morgan fingerprint density at radius 1 is 1.21 bits per heavy atom. The van der Waals surface area contributed by atoms with E-state index in [0.29, 0.717) is 11.3 Å². The van der Waals surface area contributed by atoms with Gasteiger partial charge in [0, 0.05) is 5.56 Å². The van der Waals surface area contributed by atoms with Crippen LogP contribution in [0.4, 0.5) is 0 Å². The summed E-state index contributed by atoms with van der Waals surface area (Å²) in [5, 5.41) is 0. The third kappa shape index (κ3) is 3.84. The van der Waals surface area contributed by atoms with Crippen molar-refractivity contribution in [2.24, 2.45) is 0 Å². The van der Waals surface area contributed by atoms with Crippen LogP contribution >= 0.6 is 0 Å². The summed E-state index contributed by atoms with van der Waals surface area (Å²) in [6.07, 6.45) is 1.14. The van der Waals surface area contributed by atoms with Crippen molar-refractivity contribution in [1.29, 1.82) is 0 Å². The van der Waals surface area contributed by atoms with Gasteiger partial charge in [0.05, 0.1) is 14.2 Å². The molecule has 0 aromatic heterocycles. The topological polar surface area (TPSA) is 61.8 Å². The minimum atomic E-state index is -0.658. The first-order valence-electron chi connectivity index (χ1n) is 5.60. The molecule has 0 heterocycles. The summed E-state index contributed by atoms with van der Waals surface area (Å²) in [4.78, 5) is 22.8. The maximum absolute atomic E-state index is 11.5. The number of hydrogen-bond acceptors (Lipinski definition) is 5. The molecule has 0 amide bonds. The van der Waals surface area contributed by atoms with Crippen molar-refractivity contribution in [3.05, 3.63) is 41.3 Å². The van der Waals surface area contributed by atoms with E-state index in [-0.39, 0.29) is 11.5 Å². The zero-order valence-electron chi connectivity index (χ0n) is 11.4. The number of hydrogen-bond donors (Lipinski definition) is 0. The molecule has 0 saturated carbocycles. The van der Waals surface area contributed by atoms with Gasteiger partial charge in [0.25, 0.3) is 0 Å². The molecule has 0 atom stereocenters. The van der Waals surface area contributed by atoms with Crippen LogP contribution in [0.15, 0.2) is 30.2 Å². The summed E-state index contributed by atoms with van der Waals surface area (Å²) in [7, 11) is 2.64. The molecule has 0 aliphatic heterocycles. The number of carbonyl (C=O) groups excluding carboxylic acids is 2. The lowest BCUT2D eigenvalue weighted by Crippen LogP contribution is -2.12. The van der Waals surface area contributed by atoms with Gasteiger partial charge >= 0.3 is 5.97 Å². The Hall–Kier alpha value is -2.30. The Labute approximate surface area is 111 Å². The van der Waals surface area contributed by atoms with Crippen molar-refractivity contribution < 1.29 is 23.8 Å². The summed E-state index contributed by atoms with van der Waals surface area (Å²) < 4.78 is 14.8. The zero-order chi connectivity index (χ0) is 14.4. The fourth-order valence-electron chi connectivity index (χ4n) is 1.37. The Bertz CT molecular complexity index is 517. The van der Waals surface area contributed by atoms with E-state index in [4.69, 9.17) is 9.47 Å². The molecule has 0 saturated heterocycles. The van der Waals surface area contributed by atoms with E-state index >= 15 is 0 Å². The first-order valence-corrected chi connectivity index (χ1v) is 5.60. The first-order chi connectivity index (χ1) is 8.99. The number of aryl methyl sites for hydroxylation is 1. The van der Waals surface area contributed by atoms with E-state index in [1.54, 1.807) is 25.1 Å². The Morgan fingerprint density at radius 2 is 1.89 bits per heavy atom. The first kappa shape index (κ1) is 14.8. The van der Waals surface area contributed by atoms with Gasteiger partial charge in [-0.15, -0.1) is 0 Å². The lowest BCUT2D eigenvalue weighted by Gasteiger charge is -2.11. The normalized spacial score (nSPS) is 10.8. The molecule has 19 heavy (non-hydrogen) atoms. The minimum absolute atomic E-state index is 0.0832. The molecule has 0 bridgehead atoms. The monoisotopic (exact) mass is 264 g/mol. The number of carbonyl (C=O) groups is 2. The molecule has 1 rings (SSSR count). The number of benzene rings is 1. The van der Waals surface area contributed by atoms with Crippen LogP contribution in [0.5, 0.6) is 5.75 Å². The SMILES string of the molecule is CO/C=C(\Oc1cc(C(C)=O)ccc1C)C(=O)OC. The molecule has 0 aliphatic carbocycles. The second-order valence-corrected chi connectivity index (χ2v) is 3.85. The molecule has 0 unspecified atom stereocenters. The standard InChI is InChI=1S/C14H16O5/c1-9-5-6-11(10(2)15)7-12(9)19-13(8-17-3)14(16)18-4/h5-8H,1-4H3/b13-8-. The molecule has 5 nitrogen and oxygen atoms in total. The molecular weight excluding hydrogens is 248 g/mol. The van der Waals surface area contributed by atoms with E-state index in [0.717, 1.165) is 11.8 Å². The highest BCUT2D eigenvalue weighted by molar-refractivity contribution is 5.94. The van der Waals surface area contributed by atoms with Crippen molar-refractivity contribution in [2.75, 3.05) is 14.2 Å². The Balaban J connectivity index is 3.09. The largest absolute Gasteiger partial charge is 0.500 e. The van der Waals surface area contributed by atoms with Gasteiger partial charge in [0.2, 0.25) is 5.76 Å². The summed E-state index contributed by atoms with van der Waals surface area (Å²) in [6, 6.07) is 5.01. The highest BCUT2D eigenvalue weighted by atomic mass is 16.6. The van der Waals surface area contributed by atoms with Crippen LogP contribution in [-0.4, -0.2) is 26.0 Å². The second kappa shape index (κ2) is 6.58. The summed E-state index contributed by atoms with van der Waals surface area (Å²) >= 11 is 0. The van der Waals surface area contributed by atoms with E-state index < -0.39 is 5.97 Å². The molecule has 1 aromatic carbocycles. The maximum Gasteiger partial charge on any atom is 0.377 e. The van der Waals surface area contributed by atoms with Crippen LogP contribution in [0.25, 0.3) is 0 Å². The summed E-state index contributed by atoms with van der Waals surface area (Å²) in [5.74, 6) is -0.426. The van der Waals surface area contributed by atoms with E-state index in [1.807, 2.05) is 0 Å². The number of rotatable bonds is 5. The average molecular weight is 264 g/mol. The number of methoxy groups -OCH3 is 2.